The molecule has 0 spiro atoms. The molecule has 5 rings (SSSR count). The average Bonchev–Trinajstić information content (AvgIpc) is 3.49. The van der Waals surface area contributed by atoms with E-state index in [4.69, 9.17) is 9.97 Å². The molecular weight excluding hydrogens is 400 g/mol. The predicted molar refractivity (Wildman–Crippen MR) is 123 cm³/mol. The summed E-state index contributed by atoms with van der Waals surface area (Å²) in [5.74, 6) is 1.98. The minimum atomic E-state index is -0.0784. The highest BCUT2D eigenvalue weighted by Gasteiger charge is 2.38. The molecule has 6 heteroatoms. The quantitative estimate of drug-likeness (QED) is 0.717. The van der Waals surface area contributed by atoms with Gasteiger partial charge in [0.2, 0.25) is 11.8 Å². The van der Waals surface area contributed by atoms with Crippen molar-refractivity contribution < 1.29 is 9.59 Å². The highest BCUT2D eigenvalue weighted by Crippen LogP contribution is 2.37. The zero-order valence-corrected chi connectivity index (χ0v) is 19.1. The summed E-state index contributed by atoms with van der Waals surface area (Å²) < 4.78 is 0. The van der Waals surface area contributed by atoms with Crippen LogP contribution in [0.25, 0.3) is 0 Å². The van der Waals surface area contributed by atoms with Gasteiger partial charge in [-0.15, -0.1) is 0 Å². The first-order valence-electron chi connectivity index (χ1n) is 12.0. The van der Waals surface area contributed by atoms with Gasteiger partial charge in [-0.05, 0) is 51.5 Å². The number of aryl methyl sites for hydroxylation is 2. The molecule has 3 heterocycles. The van der Waals surface area contributed by atoms with Gasteiger partial charge in [-0.1, -0.05) is 42.7 Å². The van der Waals surface area contributed by atoms with E-state index < -0.39 is 0 Å². The summed E-state index contributed by atoms with van der Waals surface area (Å²) in [4.78, 5) is 39.8. The van der Waals surface area contributed by atoms with Crippen LogP contribution in [0.5, 0.6) is 0 Å². The second-order valence-corrected chi connectivity index (χ2v) is 9.61. The smallest absolute Gasteiger partial charge is 0.228 e. The fraction of sp³-hybridized carbons (Fsp3) is 0.538. The summed E-state index contributed by atoms with van der Waals surface area (Å²) in [5.41, 5.74) is 4.29. The summed E-state index contributed by atoms with van der Waals surface area (Å²) in [5, 5.41) is 0. The molecule has 168 valence electrons. The zero-order chi connectivity index (χ0) is 22.2. The Balaban J connectivity index is 1.47. The van der Waals surface area contributed by atoms with Gasteiger partial charge < -0.3 is 4.90 Å². The number of nitrogens with zero attached hydrogens (tertiary/aromatic N) is 4. The summed E-state index contributed by atoms with van der Waals surface area (Å²) in [7, 11) is 0. The number of hydrogen-bond acceptors (Lipinski definition) is 4. The first-order chi connectivity index (χ1) is 15.5. The van der Waals surface area contributed by atoms with E-state index in [0.717, 1.165) is 67.7 Å². The summed E-state index contributed by atoms with van der Waals surface area (Å²) in [6.45, 7) is 5.37. The topological polar surface area (TPSA) is 66.4 Å². The van der Waals surface area contributed by atoms with E-state index in [-0.39, 0.29) is 23.8 Å². The van der Waals surface area contributed by atoms with Crippen LogP contribution in [0.2, 0.25) is 0 Å². The van der Waals surface area contributed by atoms with E-state index >= 15 is 0 Å². The molecule has 1 aliphatic carbocycles. The van der Waals surface area contributed by atoms with E-state index in [2.05, 4.69) is 31.2 Å². The standard InChI is InChI=1S/C26H32N4O2/c1-17-9-11-19(12-10-17)16-30-23(31)14-13-21-18(2)27-24(28-25(21)30)22-8-5-15-29(22)26(32)20-6-3-4-7-20/h9-12,20,22H,3-8,13-16H2,1-2H3/t22-/m0/s1. The van der Waals surface area contributed by atoms with E-state index in [1.807, 2.05) is 16.7 Å². The van der Waals surface area contributed by atoms with Crippen molar-refractivity contribution in [3.63, 3.8) is 0 Å². The van der Waals surface area contributed by atoms with Gasteiger partial charge in [0.15, 0.2) is 5.82 Å². The largest absolute Gasteiger partial charge is 0.332 e. The van der Waals surface area contributed by atoms with Gasteiger partial charge in [0, 0.05) is 30.1 Å². The van der Waals surface area contributed by atoms with Crippen molar-refractivity contribution in [2.75, 3.05) is 11.4 Å². The number of benzene rings is 1. The van der Waals surface area contributed by atoms with Crippen molar-refractivity contribution in [3.05, 3.63) is 52.5 Å². The molecule has 32 heavy (non-hydrogen) atoms. The number of aromatic nitrogens is 2. The van der Waals surface area contributed by atoms with Crippen LogP contribution in [0.3, 0.4) is 0 Å². The van der Waals surface area contributed by atoms with Crippen LogP contribution in [0.1, 0.15) is 79.2 Å². The molecule has 3 aliphatic rings. The Bertz CT molecular complexity index is 1030. The van der Waals surface area contributed by atoms with Crippen LogP contribution in [-0.4, -0.2) is 33.2 Å². The Hall–Kier alpha value is -2.76. The minimum absolute atomic E-state index is 0.0784. The molecule has 0 N–H and O–H groups in total. The third kappa shape index (κ3) is 3.91. The van der Waals surface area contributed by atoms with Crippen LogP contribution in [0, 0.1) is 19.8 Å². The molecule has 2 aromatic rings. The molecule has 2 fully saturated rings. The van der Waals surface area contributed by atoms with Crippen molar-refractivity contribution in [2.45, 2.75) is 77.8 Å². The molecule has 2 aliphatic heterocycles. The SMILES string of the molecule is Cc1ccc(CN2C(=O)CCc3c(C)nc([C@@H]4CCCN4C(=O)C4CCCC4)nc32)cc1. The second kappa shape index (κ2) is 8.64. The normalized spacial score (nSPS) is 21.3. The van der Waals surface area contributed by atoms with Gasteiger partial charge in [-0.2, -0.15) is 0 Å². The fourth-order valence-electron chi connectivity index (χ4n) is 5.50. The summed E-state index contributed by atoms with van der Waals surface area (Å²) >= 11 is 0. The minimum Gasteiger partial charge on any atom is -0.332 e. The van der Waals surface area contributed by atoms with Crippen molar-refractivity contribution in [3.8, 4) is 0 Å². The van der Waals surface area contributed by atoms with Crippen LogP contribution in [0.4, 0.5) is 5.82 Å². The molecular formula is C26H32N4O2. The lowest BCUT2D eigenvalue weighted by Gasteiger charge is -2.31. The molecule has 2 amide bonds. The van der Waals surface area contributed by atoms with Crippen molar-refractivity contribution in [1.82, 2.24) is 14.9 Å². The lowest BCUT2D eigenvalue weighted by molar-refractivity contribution is -0.136. The maximum atomic E-state index is 13.2. The molecule has 1 saturated carbocycles. The Labute approximate surface area is 190 Å². The molecule has 0 bridgehead atoms. The van der Waals surface area contributed by atoms with E-state index in [1.165, 1.54) is 5.56 Å². The lowest BCUT2D eigenvalue weighted by atomic mass is 10.0. The lowest BCUT2D eigenvalue weighted by Crippen LogP contribution is -2.38. The van der Waals surface area contributed by atoms with E-state index in [1.54, 1.807) is 0 Å². The van der Waals surface area contributed by atoms with Crippen molar-refractivity contribution in [1.29, 1.82) is 0 Å². The first-order valence-corrected chi connectivity index (χ1v) is 12.0. The van der Waals surface area contributed by atoms with Gasteiger partial charge >= 0.3 is 0 Å². The number of likely N-dealkylation sites (tertiary alicyclic amines) is 1. The van der Waals surface area contributed by atoms with Crippen LogP contribution in [-0.2, 0) is 22.6 Å². The van der Waals surface area contributed by atoms with E-state index in [9.17, 15) is 9.59 Å². The van der Waals surface area contributed by atoms with Crippen molar-refractivity contribution in [2.24, 2.45) is 5.92 Å². The molecule has 1 saturated heterocycles. The first kappa shape index (κ1) is 21.1. The third-order valence-corrected chi connectivity index (χ3v) is 7.35. The molecule has 0 unspecified atom stereocenters. The zero-order valence-electron chi connectivity index (χ0n) is 19.1. The number of anilines is 1. The Morgan fingerprint density at radius 2 is 1.75 bits per heavy atom. The Kier molecular flexibility index (Phi) is 5.70. The molecule has 6 nitrogen and oxygen atoms in total. The van der Waals surface area contributed by atoms with Crippen LogP contribution in [0.15, 0.2) is 24.3 Å². The third-order valence-electron chi connectivity index (χ3n) is 7.35. The van der Waals surface area contributed by atoms with Gasteiger partial charge in [-0.3, -0.25) is 14.5 Å². The number of hydrogen-bond donors (Lipinski definition) is 0. The second-order valence-electron chi connectivity index (χ2n) is 9.61. The monoisotopic (exact) mass is 432 g/mol. The van der Waals surface area contributed by atoms with E-state index in [0.29, 0.717) is 25.2 Å². The summed E-state index contributed by atoms with van der Waals surface area (Å²) in [6.07, 6.45) is 7.35. The number of carbonyl (C=O) groups is 2. The summed E-state index contributed by atoms with van der Waals surface area (Å²) in [6, 6.07) is 8.22. The number of fused-ring (bicyclic) bond motifs is 1. The fourth-order valence-corrected chi connectivity index (χ4v) is 5.50. The van der Waals surface area contributed by atoms with Crippen LogP contribution < -0.4 is 4.90 Å². The molecule has 1 aromatic carbocycles. The number of rotatable bonds is 4. The van der Waals surface area contributed by atoms with Gasteiger partial charge in [0.25, 0.3) is 0 Å². The van der Waals surface area contributed by atoms with Gasteiger partial charge in [0.1, 0.15) is 5.82 Å². The Morgan fingerprint density at radius 3 is 2.50 bits per heavy atom. The maximum absolute atomic E-state index is 13.2. The maximum Gasteiger partial charge on any atom is 0.228 e. The predicted octanol–water partition coefficient (Wildman–Crippen LogP) is 4.43. The Morgan fingerprint density at radius 1 is 1.00 bits per heavy atom. The van der Waals surface area contributed by atoms with Gasteiger partial charge in [-0.25, -0.2) is 9.97 Å². The average molecular weight is 433 g/mol. The molecule has 0 radical (unpaired) electrons. The number of amides is 2. The van der Waals surface area contributed by atoms with Crippen molar-refractivity contribution >= 4 is 17.6 Å². The molecule has 1 aromatic heterocycles. The highest BCUT2D eigenvalue weighted by molar-refractivity contribution is 5.95. The highest BCUT2D eigenvalue weighted by atomic mass is 16.2. The van der Waals surface area contributed by atoms with Gasteiger partial charge in [0.05, 0.1) is 12.6 Å². The van der Waals surface area contributed by atoms with Crippen LogP contribution >= 0.6 is 0 Å². The molecule has 1 atom stereocenters. The number of carbonyl (C=O) groups excluding carboxylic acids is 2.